The zero-order chi connectivity index (χ0) is 44.0. The summed E-state index contributed by atoms with van der Waals surface area (Å²) in [5.74, 6) is -1.05. The Morgan fingerprint density at radius 2 is 1.73 bits per heavy atom. The number of imidazole rings is 1. The van der Waals surface area contributed by atoms with Gasteiger partial charge in [-0.1, -0.05) is 51.1 Å². The molecule has 2 aromatic rings. The van der Waals surface area contributed by atoms with Gasteiger partial charge >= 0.3 is 23.5 Å². The standard InChI is InChI=1S/C31H52N7O17P3S/c1-4-5-6-7-8-9-10-11-22(40)59-15-14-33-21(39)12-13-34-29(43)26(42)31(2,3)17-52-58(49,50)55-57(47,48)51-16-20-25(54-56(44,45)46)24(41)30(53-20)38-19-37-23-27(32)35-18-36-28(23)38/h5-6,18-20,24-26,30,41-42H,4,7-17H2,1-3H3,(H,33,39)(H,34,43)(H,47,48)(H,49,50)(H2,32,35,36)(H2,44,45,46)/b6-5+. The Bertz CT molecular complexity index is 1900. The van der Waals surface area contributed by atoms with Crippen LogP contribution in [0.3, 0.4) is 0 Å². The lowest BCUT2D eigenvalue weighted by Gasteiger charge is -2.30. The summed E-state index contributed by atoms with van der Waals surface area (Å²) < 4.78 is 62.2. The number of nitrogen functional groups attached to an aromatic ring is 1. The number of nitrogens with two attached hydrogens (primary N) is 1. The van der Waals surface area contributed by atoms with E-state index >= 15 is 0 Å². The van der Waals surface area contributed by atoms with Gasteiger partial charge in [-0.2, -0.15) is 4.31 Å². The average Bonchev–Trinajstić information content (AvgIpc) is 3.71. The van der Waals surface area contributed by atoms with Crippen LogP contribution >= 0.6 is 35.2 Å². The largest absolute Gasteiger partial charge is 0.481 e. The minimum absolute atomic E-state index is 0.0318. The fourth-order valence-corrected chi connectivity index (χ4v) is 8.91. The van der Waals surface area contributed by atoms with Crippen molar-refractivity contribution >= 4 is 69.1 Å². The van der Waals surface area contributed by atoms with Gasteiger partial charge in [0.25, 0.3) is 0 Å². The summed E-state index contributed by atoms with van der Waals surface area (Å²) in [6, 6.07) is 0. The molecule has 0 radical (unpaired) electrons. The molecule has 0 bridgehead atoms. The van der Waals surface area contributed by atoms with Crippen LogP contribution in [0.5, 0.6) is 0 Å². The predicted molar refractivity (Wildman–Crippen MR) is 210 cm³/mol. The highest BCUT2D eigenvalue weighted by Gasteiger charge is 2.50. The SMILES string of the molecule is CC/C=C/CCCCCC(=O)SCCNC(=O)CCNC(=O)C(O)C(C)(C)COP(=O)(O)OP(=O)(O)OCC1OC(n2cnc3c(N)ncnc32)C(O)C1OP(=O)(O)O. The van der Waals surface area contributed by atoms with Crippen LogP contribution in [0.2, 0.25) is 0 Å². The van der Waals surface area contributed by atoms with E-state index in [1.165, 1.54) is 13.8 Å². The predicted octanol–water partition coefficient (Wildman–Crippen LogP) is 1.58. The number of anilines is 1. The van der Waals surface area contributed by atoms with E-state index in [-0.39, 0.29) is 41.6 Å². The summed E-state index contributed by atoms with van der Waals surface area (Å²) in [6.07, 6.45) is 2.59. The number of phosphoric ester groups is 3. The van der Waals surface area contributed by atoms with Gasteiger partial charge in [0.05, 0.1) is 19.5 Å². The molecular weight excluding hydrogens is 867 g/mol. The number of fused-ring (bicyclic) bond motifs is 1. The number of aliphatic hydroxyl groups excluding tert-OH is 2. The number of aromatic nitrogens is 4. The molecule has 7 atom stereocenters. The quantitative estimate of drug-likeness (QED) is 0.0367. The number of carbonyl (C=O) groups is 3. The van der Waals surface area contributed by atoms with E-state index < -0.39 is 84.6 Å². The second-order valence-corrected chi connectivity index (χ2v) is 19.2. The summed E-state index contributed by atoms with van der Waals surface area (Å²) in [4.78, 5) is 87.8. The van der Waals surface area contributed by atoms with E-state index in [1.807, 2.05) is 0 Å². The van der Waals surface area contributed by atoms with Crippen LogP contribution in [0.25, 0.3) is 11.2 Å². The maximum absolute atomic E-state index is 12.7. The first-order chi connectivity index (χ1) is 27.6. The smallest absolute Gasteiger partial charge is 0.386 e. The number of unbranched alkanes of at least 4 members (excludes halogenated alkanes) is 3. The van der Waals surface area contributed by atoms with Crippen LogP contribution in [0.15, 0.2) is 24.8 Å². The van der Waals surface area contributed by atoms with E-state index in [2.05, 4.69) is 53.5 Å². The van der Waals surface area contributed by atoms with Gasteiger partial charge < -0.3 is 50.9 Å². The third-order valence-electron chi connectivity index (χ3n) is 8.42. The van der Waals surface area contributed by atoms with E-state index in [0.717, 1.165) is 61.1 Å². The number of aliphatic hydroxyl groups is 2. The first kappa shape index (κ1) is 50.7. The minimum Gasteiger partial charge on any atom is -0.386 e. The molecule has 24 nitrogen and oxygen atoms in total. The average molecular weight is 920 g/mol. The summed E-state index contributed by atoms with van der Waals surface area (Å²) in [6.45, 7) is 2.62. The van der Waals surface area contributed by atoms with E-state index in [1.54, 1.807) is 0 Å². The number of allylic oxidation sites excluding steroid dienone is 2. The maximum Gasteiger partial charge on any atom is 0.481 e. The second kappa shape index (κ2) is 22.9. The van der Waals surface area contributed by atoms with Crippen molar-refractivity contribution in [2.24, 2.45) is 5.41 Å². The van der Waals surface area contributed by atoms with Crippen molar-refractivity contribution in [1.29, 1.82) is 0 Å². The van der Waals surface area contributed by atoms with Crippen molar-refractivity contribution in [2.75, 3.05) is 37.8 Å². The normalized spacial score (nSPS) is 21.3. The number of phosphoric acid groups is 3. The minimum atomic E-state index is -5.57. The fraction of sp³-hybridized carbons (Fsp3) is 0.677. The molecule has 0 spiro atoms. The number of hydrogen-bond donors (Lipinski definition) is 9. The van der Waals surface area contributed by atoms with E-state index in [4.69, 9.17) is 19.5 Å². The molecule has 7 unspecified atom stereocenters. The number of nitrogens with zero attached hydrogens (tertiary/aromatic N) is 4. The highest BCUT2D eigenvalue weighted by molar-refractivity contribution is 8.13. The van der Waals surface area contributed by atoms with Crippen molar-refractivity contribution in [3.8, 4) is 0 Å². The van der Waals surface area contributed by atoms with Gasteiger partial charge in [0.2, 0.25) is 11.8 Å². The Labute approximate surface area is 343 Å². The van der Waals surface area contributed by atoms with Crippen molar-refractivity contribution in [1.82, 2.24) is 30.2 Å². The Hall–Kier alpha value is -2.70. The lowest BCUT2D eigenvalue weighted by molar-refractivity contribution is -0.137. The van der Waals surface area contributed by atoms with Crippen LogP contribution in [0.1, 0.15) is 71.9 Å². The summed E-state index contributed by atoms with van der Waals surface area (Å²) >= 11 is 1.13. The first-order valence-corrected chi connectivity index (χ1v) is 23.8. The lowest BCUT2D eigenvalue weighted by Crippen LogP contribution is -2.46. The number of carbonyl (C=O) groups excluding carboxylic acids is 3. The maximum atomic E-state index is 12.7. The topological polar surface area (TPSA) is 364 Å². The second-order valence-electron chi connectivity index (χ2n) is 13.8. The van der Waals surface area contributed by atoms with Gasteiger partial charge in [0.1, 0.15) is 36.3 Å². The van der Waals surface area contributed by atoms with Crippen molar-refractivity contribution in [3.63, 3.8) is 0 Å². The molecule has 2 aromatic heterocycles. The van der Waals surface area contributed by atoms with Crippen LogP contribution in [0.4, 0.5) is 5.82 Å². The van der Waals surface area contributed by atoms with E-state index in [9.17, 15) is 57.9 Å². The Morgan fingerprint density at radius 3 is 2.42 bits per heavy atom. The van der Waals surface area contributed by atoms with Crippen LogP contribution in [-0.4, -0.2) is 123 Å². The lowest BCUT2D eigenvalue weighted by atomic mass is 9.87. The molecule has 1 aliphatic rings. The van der Waals surface area contributed by atoms with Gasteiger partial charge in [-0.25, -0.2) is 28.6 Å². The molecule has 0 saturated carbocycles. The Kier molecular flexibility index (Phi) is 19.7. The molecule has 59 heavy (non-hydrogen) atoms. The number of rotatable bonds is 26. The molecule has 3 heterocycles. The Morgan fingerprint density at radius 1 is 1.02 bits per heavy atom. The van der Waals surface area contributed by atoms with E-state index in [0.29, 0.717) is 12.2 Å². The molecule has 334 valence electrons. The number of amides is 2. The van der Waals surface area contributed by atoms with Crippen molar-refractivity contribution in [2.45, 2.75) is 96.4 Å². The van der Waals surface area contributed by atoms with Gasteiger partial charge in [0.15, 0.2) is 22.8 Å². The molecule has 28 heteroatoms. The number of ether oxygens (including phenoxy) is 1. The number of thioether (sulfide) groups is 1. The van der Waals surface area contributed by atoms with Gasteiger partial charge in [-0.05, 0) is 25.7 Å². The molecular formula is C31H52N7O17P3S. The zero-order valence-electron chi connectivity index (χ0n) is 32.5. The van der Waals surface area contributed by atoms with Crippen molar-refractivity contribution < 1.29 is 80.5 Å². The van der Waals surface area contributed by atoms with Crippen LogP contribution in [0, 0.1) is 5.41 Å². The van der Waals surface area contributed by atoms with Crippen LogP contribution in [-0.2, 0) is 50.7 Å². The Balaban J connectivity index is 1.42. The molecule has 1 aliphatic heterocycles. The molecule has 1 fully saturated rings. The van der Waals surface area contributed by atoms with Crippen molar-refractivity contribution in [3.05, 3.63) is 24.8 Å². The fourth-order valence-electron chi connectivity index (χ4n) is 5.36. The molecule has 1 saturated heterocycles. The molecule has 0 aliphatic carbocycles. The third kappa shape index (κ3) is 16.9. The third-order valence-corrected chi connectivity index (χ3v) is 12.5. The summed E-state index contributed by atoms with van der Waals surface area (Å²) in [5.41, 5.74) is 4.27. The summed E-state index contributed by atoms with van der Waals surface area (Å²) in [5, 5.41) is 26.5. The molecule has 0 aromatic carbocycles. The summed E-state index contributed by atoms with van der Waals surface area (Å²) in [7, 11) is -16.4. The highest BCUT2D eigenvalue weighted by Crippen LogP contribution is 2.61. The number of hydrogen-bond acceptors (Lipinski definition) is 18. The van der Waals surface area contributed by atoms with Gasteiger partial charge in [-0.3, -0.25) is 32.5 Å². The van der Waals surface area contributed by atoms with Gasteiger partial charge in [0, 0.05) is 37.1 Å². The zero-order valence-corrected chi connectivity index (χ0v) is 36.0. The monoisotopic (exact) mass is 919 g/mol. The number of nitrogens with one attached hydrogen (secondary N) is 2. The van der Waals surface area contributed by atoms with Gasteiger partial charge in [-0.15, -0.1) is 0 Å². The molecule has 2 amide bonds. The molecule has 10 N–H and O–H groups in total. The molecule has 3 rings (SSSR count). The first-order valence-electron chi connectivity index (χ1n) is 18.3. The van der Waals surface area contributed by atoms with Crippen LogP contribution < -0.4 is 16.4 Å². The highest BCUT2D eigenvalue weighted by atomic mass is 32.2.